The molecular weight excluding hydrogens is 591 g/mol. The fourth-order valence-corrected chi connectivity index (χ4v) is 7.47. The molecule has 0 bridgehead atoms. The quantitative estimate of drug-likeness (QED) is 0.0485. The Balaban J connectivity index is 2.22. The van der Waals surface area contributed by atoms with E-state index in [1.807, 2.05) is 0 Å². The zero-order valence-corrected chi connectivity index (χ0v) is 33.7. The highest BCUT2D eigenvalue weighted by atomic mass is 15.1. The summed E-state index contributed by atoms with van der Waals surface area (Å²) in [5, 5.41) is 0. The highest BCUT2D eigenvalue weighted by Crippen LogP contribution is 2.36. The number of unbranched alkanes of at least 4 members (excludes halogenated alkanes) is 15. The van der Waals surface area contributed by atoms with E-state index in [-0.39, 0.29) is 0 Å². The molecule has 0 N–H and O–H groups in total. The summed E-state index contributed by atoms with van der Waals surface area (Å²) in [5.41, 5.74) is 1.57. The summed E-state index contributed by atoms with van der Waals surface area (Å²) in [5.74, 6) is 1.68. The maximum absolute atomic E-state index is 4.62. The van der Waals surface area contributed by atoms with Gasteiger partial charge in [0.25, 0.3) is 0 Å². The average Bonchev–Trinajstić information content (AvgIpc) is 3.61. The van der Waals surface area contributed by atoms with E-state index in [2.05, 4.69) is 100 Å². The molecule has 0 aliphatic heterocycles. The second kappa shape index (κ2) is 34.8. The van der Waals surface area contributed by atoms with Gasteiger partial charge in [-0.1, -0.05) is 177 Å². The Kier molecular flexibility index (Phi) is 32.3. The van der Waals surface area contributed by atoms with Gasteiger partial charge in [-0.15, -0.1) is 0 Å². The Morgan fingerprint density at radius 3 is 1.47 bits per heavy atom. The van der Waals surface area contributed by atoms with E-state index in [9.17, 15) is 0 Å². The first-order valence-electron chi connectivity index (χ1n) is 21.7. The molecule has 1 nitrogen and oxygen atoms in total. The molecule has 0 heterocycles. The van der Waals surface area contributed by atoms with Gasteiger partial charge in [0.15, 0.2) is 0 Å². The fraction of sp³-hybridized carbons (Fsp3) is 0.750. The maximum atomic E-state index is 4.62. The molecule has 0 aromatic heterocycles. The van der Waals surface area contributed by atoms with Crippen molar-refractivity contribution in [2.24, 2.45) is 11.8 Å². The minimum atomic E-state index is 0.770. The molecule has 1 fully saturated rings. The third-order valence-electron chi connectivity index (χ3n) is 10.9. The van der Waals surface area contributed by atoms with Gasteiger partial charge in [0.05, 0.1) is 0 Å². The van der Waals surface area contributed by atoms with Gasteiger partial charge in [0, 0.05) is 6.04 Å². The molecule has 0 aromatic rings. The van der Waals surface area contributed by atoms with Gasteiger partial charge in [0.1, 0.15) is 0 Å². The number of allylic oxidation sites excluding steroid dienone is 11. The van der Waals surface area contributed by atoms with Crippen LogP contribution in [-0.4, -0.2) is 25.0 Å². The van der Waals surface area contributed by atoms with Crippen LogP contribution in [0.25, 0.3) is 0 Å². The van der Waals surface area contributed by atoms with Crippen LogP contribution >= 0.6 is 0 Å². The molecule has 3 atom stereocenters. The summed E-state index contributed by atoms with van der Waals surface area (Å²) in [4.78, 5) is 2.44. The Labute approximate surface area is 309 Å². The second-order valence-electron chi connectivity index (χ2n) is 15.6. The van der Waals surface area contributed by atoms with E-state index in [4.69, 9.17) is 0 Å². The van der Waals surface area contributed by atoms with E-state index >= 15 is 0 Å². The smallest absolute Gasteiger partial charge is 0.00950 e. The highest BCUT2D eigenvalue weighted by molar-refractivity contribution is 5.05. The van der Waals surface area contributed by atoms with Gasteiger partial charge in [-0.25, -0.2) is 0 Å². The van der Waals surface area contributed by atoms with Gasteiger partial charge in [0.2, 0.25) is 0 Å². The number of hydrogen-bond acceptors (Lipinski definition) is 1. The van der Waals surface area contributed by atoms with E-state index in [1.54, 1.807) is 5.57 Å². The van der Waals surface area contributed by atoms with Crippen LogP contribution in [0.4, 0.5) is 0 Å². The molecule has 1 rings (SSSR count). The summed E-state index contributed by atoms with van der Waals surface area (Å²) in [7, 11) is 4.51. The van der Waals surface area contributed by atoms with Crippen molar-refractivity contribution in [3.63, 3.8) is 0 Å². The van der Waals surface area contributed by atoms with Crippen LogP contribution in [0.15, 0.2) is 72.9 Å². The van der Waals surface area contributed by atoms with Crippen molar-refractivity contribution >= 4 is 0 Å². The third-order valence-corrected chi connectivity index (χ3v) is 10.9. The fourth-order valence-electron chi connectivity index (χ4n) is 7.47. The molecular formula is C48H85N. The molecule has 0 saturated heterocycles. The Morgan fingerprint density at radius 1 is 0.551 bits per heavy atom. The van der Waals surface area contributed by atoms with Crippen LogP contribution in [0.5, 0.6) is 0 Å². The number of nitrogens with zero attached hydrogens (tertiary/aromatic N) is 1. The second-order valence-corrected chi connectivity index (χ2v) is 15.6. The van der Waals surface area contributed by atoms with Crippen LogP contribution in [0, 0.1) is 11.8 Å². The van der Waals surface area contributed by atoms with Gasteiger partial charge in [-0.3, -0.25) is 0 Å². The minimum absolute atomic E-state index is 0.770. The maximum Gasteiger partial charge on any atom is 0.00950 e. The van der Waals surface area contributed by atoms with Gasteiger partial charge in [-0.05, 0) is 122 Å². The van der Waals surface area contributed by atoms with E-state index in [1.165, 1.54) is 161 Å². The Bertz CT molecular complexity index is 870. The Morgan fingerprint density at radius 2 is 1.00 bits per heavy atom. The molecule has 282 valence electrons. The average molecular weight is 676 g/mol. The predicted octanol–water partition coefficient (Wildman–Crippen LogP) is 15.9. The zero-order valence-electron chi connectivity index (χ0n) is 33.7. The normalized spacial score (nSPS) is 17.8. The molecule has 0 spiro atoms. The molecule has 49 heavy (non-hydrogen) atoms. The minimum Gasteiger partial charge on any atom is -0.306 e. The van der Waals surface area contributed by atoms with Crippen LogP contribution in [-0.2, 0) is 0 Å². The summed E-state index contributed by atoms with van der Waals surface area (Å²) >= 11 is 0. The summed E-state index contributed by atoms with van der Waals surface area (Å²) in [6, 6.07) is 0.770. The third kappa shape index (κ3) is 28.8. The highest BCUT2D eigenvalue weighted by Gasteiger charge is 2.27. The number of rotatable bonds is 34. The van der Waals surface area contributed by atoms with Crippen LogP contribution < -0.4 is 0 Å². The molecule has 1 aliphatic rings. The summed E-state index contributed by atoms with van der Waals surface area (Å²) in [6.07, 6.45) is 62.1. The van der Waals surface area contributed by atoms with Crippen molar-refractivity contribution < 1.29 is 0 Å². The van der Waals surface area contributed by atoms with Crippen molar-refractivity contribution in [3.8, 4) is 0 Å². The van der Waals surface area contributed by atoms with Crippen molar-refractivity contribution in [2.75, 3.05) is 14.1 Å². The van der Waals surface area contributed by atoms with Crippen molar-refractivity contribution in [2.45, 2.75) is 206 Å². The lowest BCUT2D eigenvalue weighted by molar-refractivity contribution is 0.293. The van der Waals surface area contributed by atoms with Gasteiger partial charge in [-0.2, -0.15) is 0 Å². The monoisotopic (exact) mass is 676 g/mol. The molecule has 3 unspecified atom stereocenters. The molecule has 0 aromatic carbocycles. The first kappa shape index (κ1) is 45.4. The number of hydrogen-bond donors (Lipinski definition) is 0. The lowest BCUT2D eigenvalue weighted by Gasteiger charge is -2.21. The van der Waals surface area contributed by atoms with E-state index in [0.717, 1.165) is 43.6 Å². The molecule has 0 radical (unpaired) electrons. The largest absolute Gasteiger partial charge is 0.306 e. The summed E-state index contributed by atoms with van der Waals surface area (Å²) < 4.78 is 0. The molecule has 1 heteroatoms. The van der Waals surface area contributed by atoms with Crippen molar-refractivity contribution in [1.82, 2.24) is 4.90 Å². The van der Waals surface area contributed by atoms with Gasteiger partial charge >= 0.3 is 0 Å². The Hall–Kier alpha value is -1.60. The first-order chi connectivity index (χ1) is 24.1. The summed E-state index contributed by atoms with van der Waals surface area (Å²) in [6.45, 7) is 9.09. The lowest BCUT2D eigenvalue weighted by atomic mass is 9.86. The lowest BCUT2D eigenvalue weighted by Crippen LogP contribution is -2.24. The van der Waals surface area contributed by atoms with E-state index in [0.29, 0.717) is 0 Å². The van der Waals surface area contributed by atoms with E-state index < -0.39 is 0 Å². The van der Waals surface area contributed by atoms with Crippen LogP contribution in [0.2, 0.25) is 0 Å². The van der Waals surface area contributed by atoms with Crippen LogP contribution in [0.1, 0.15) is 200 Å². The van der Waals surface area contributed by atoms with Gasteiger partial charge < -0.3 is 4.90 Å². The predicted molar refractivity (Wildman–Crippen MR) is 225 cm³/mol. The zero-order chi connectivity index (χ0) is 35.5. The molecule has 0 amide bonds. The first-order valence-corrected chi connectivity index (χ1v) is 21.7. The van der Waals surface area contributed by atoms with Crippen molar-refractivity contribution in [1.29, 1.82) is 0 Å². The topological polar surface area (TPSA) is 3.24 Å². The molecule has 1 aliphatic carbocycles. The SMILES string of the molecule is C=C(CCC(CCCCCCCC/C=C\C/C=C\C/C=C\CC)CCCCCCCC/C=C\C/C=C\CCCCC)C1CCC(N(C)C)C1. The molecule has 1 saturated carbocycles. The van der Waals surface area contributed by atoms with Crippen molar-refractivity contribution in [3.05, 3.63) is 72.9 Å². The standard InChI is InChI=1S/C48H85N/c1-6-8-10-12-14-16-18-20-22-24-26-28-30-32-34-36-38-46(41-40-45(3)47-42-43-48(44-47)49(4)5)39-37-35-33-31-29-27-25-23-21-19-17-15-13-11-9-7-2/h8,10,14-17,20-23,46-48H,3,6-7,9,11-13,18-19,24-44H2,1-2,4-5H3/b10-8-,16-14-,17-15-,22-20-,23-21-. The van der Waals surface area contributed by atoms with Crippen LogP contribution in [0.3, 0.4) is 0 Å².